The van der Waals surface area contributed by atoms with Crippen LogP contribution in [0.4, 0.5) is 34.1 Å². The number of para-hydroxylation sites is 2. The lowest BCUT2D eigenvalue weighted by molar-refractivity contribution is 0.523. The van der Waals surface area contributed by atoms with Crippen molar-refractivity contribution in [2.24, 2.45) is 0 Å². The highest BCUT2D eigenvalue weighted by Gasteiger charge is 2.39. The van der Waals surface area contributed by atoms with Gasteiger partial charge in [0.1, 0.15) is 5.58 Å². The second kappa shape index (κ2) is 27.4. The van der Waals surface area contributed by atoms with Gasteiger partial charge in [-0.1, -0.05) is 265 Å². The summed E-state index contributed by atoms with van der Waals surface area (Å²) in [5.41, 5.74) is 40.3. The topological polar surface area (TPSA) is 37.3 Å². The third-order valence-electron chi connectivity index (χ3n) is 32.2. The Hall–Kier alpha value is -14.7. The lowest BCUT2D eigenvalue weighted by Crippen LogP contribution is -2.20. The fourth-order valence-electron chi connectivity index (χ4n) is 24.8. The summed E-state index contributed by atoms with van der Waals surface area (Å²) in [6.45, 7) is 47.3. The number of aromatic nitrogens is 4. The van der Waals surface area contributed by atoms with E-state index in [9.17, 15) is 0 Å². The SMILES string of the molecule is Cc1ccc2c(oc3c(-c4ccccc4)cc(CC(C)(C)c4ccc5c(c4)c4cc(C(C)(C)C)cc6c7cc8c(cc7n5c46)c4cc(C(C)(C)C)cc5c6ccc(N(c7ccccc7)c7ccc9c(c7)-c7ccccc7C9(C)C)cc6n8c54)cc32)c1N(c1ccccc1)c1ccc2c3cc(C(C)(C)C)cc4c5cc6c(cc5n(c2c1)c34)c1cc(C(C)(C)C)cc2c3cc(C(C)(C)C)ccc3n6c21. The fourth-order valence-corrected chi connectivity index (χ4v) is 24.8. The van der Waals surface area contributed by atoms with Gasteiger partial charge in [0, 0.05) is 136 Å². The second-order valence-electron chi connectivity index (χ2n) is 46.8. The van der Waals surface area contributed by atoms with Crippen LogP contribution in [0.1, 0.15) is 187 Å². The molecule has 0 N–H and O–H groups in total. The first-order chi connectivity index (χ1) is 65.5. The zero-order valence-corrected chi connectivity index (χ0v) is 82.2. The van der Waals surface area contributed by atoms with Crippen LogP contribution < -0.4 is 9.80 Å². The van der Waals surface area contributed by atoms with Crippen LogP contribution in [0, 0.1) is 6.92 Å². The van der Waals surface area contributed by atoms with E-state index in [1.54, 1.807) is 0 Å². The quantitative estimate of drug-likeness (QED) is 0.137. The number of anilines is 6. The molecular weight excluding hydrogens is 1660 g/mol. The number of benzene rings is 17. The molecule has 668 valence electrons. The Bertz CT molecular complexity index is 9700. The predicted octanol–water partition coefficient (Wildman–Crippen LogP) is 36.4. The Balaban J connectivity index is 0.604. The maximum atomic E-state index is 7.75. The molecule has 26 aromatic rings. The predicted molar refractivity (Wildman–Crippen MR) is 586 cm³/mol. The first-order valence-corrected chi connectivity index (χ1v) is 49.4. The van der Waals surface area contributed by atoms with Gasteiger partial charge in [-0.3, -0.25) is 0 Å². The molecule has 0 unspecified atom stereocenters. The van der Waals surface area contributed by atoms with Crippen LogP contribution in [0.2, 0.25) is 0 Å². The normalized spacial score (nSPS) is 13.9. The Morgan fingerprint density at radius 2 is 0.606 bits per heavy atom. The molecule has 0 bridgehead atoms. The second-order valence-corrected chi connectivity index (χ2v) is 46.8. The summed E-state index contributed by atoms with van der Waals surface area (Å²) in [6, 6.07) is 118. The third kappa shape index (κ3) is 11.5. The molecule has 0 spiro atoms. The maximum absolute atomic E-state index is 7.75. The van der Waals surface area contributed by atoms with Gasteiger partial charge >= 0.3 is 0 Å². The van der Waals surface area contributed by atoms with E-state index in [0.29, 0.717) is 0 Å². The van der Waals surface area contributed by atoms with E-state index in [0.717, 1.165) is 79.2 Å². The van der Waals surface area contributed by atoms with Crippen LogP contribution in [-0.2, 0) is 44.3 Å². The molecule has 17 aromatic carbocycles. The van der Waals surface area contributed by atoms with Gasteiger partial charge in [-0.2, -0.15) is 0 Å². The summed E-state index contributed by atoms with van der Waals surface area (Å²) in [5.74, 6) is 0. The fraction of sp³-hybridized carbons (Fsp3) is 0.215. The summed E-state index contributed by atoms with van der Waals surface area (Å²) >= 11 is 0. The summed E-state index contributed by atoms with van der Waals surface area (Å²) in [7, 11) is 0. The Morgan fingerprint density at radius 1 is 0.248 bits per heavy atom. The Kier molecular flexibility index (Phi) is 16.4. The Labute approximate surface area is 798 Å². The summed E-state index contributed by atoms with van der Waals surface area (Å²) in [4.78, 5) is 4.95. The molecule has 0 fully saturated rings. The average molecular weight is 1770 g/mol. The van der Waals surface area contributed by atoms with Crippen molar-refractivity contribution in [2.45, 2.75) is 183 Å². The molecule has 0 aliphatic heterocycles. The van der Waals surface area contributed by atoms with E-state index < -0.39 is 0 Å². The Morgan fingerprint density at radius 3 is 1.07 bits per heavy atom. The van der Waals surface area contributed by atoms with E-state index in [-0.39, 0.29) is 37.9 Å². The van der Waals surface area contributed by atoms with E-state index in [1.165, 1.54) is 214 Å². The van der Waals surface area contributed by atoms with Crippen molar-refractivity contribution in [3.05, 3.63) is 359 Å². The molecule has 7 nitrogen and oxygen atoms in total. The average Bonchev–Trinajstić information content (AvgIpc) is 1.51. The first kappa shape index (κ1) is 81.9. The van der Waals surface area contributed by atoms with Gasteiger partial charge in [0.05, 0.1) is 71.9 Å². The molecule has 0 amide bonds. The van der Waals surface area contributed by atoms with Crippen molar-refractivity contribution in [3.63, 3.8) is 0 Å². The molecule has 1 aliphatic rings. The van der Waals surface area contributed by atoms with E-state index in [2.05, 4.69) is 469 Å². The van der Waals surface area contributed by atoms with Crippen LogP contribution in [-0.4, -0.2) is 17.6 Å². The summed E-state index contributed by atoms with van der Waals surface area (Å²) in [6.07, 6.45) is 0.780. The molecule has 0 radical (unpaired) electrons. The molecule has 137 heavy (non-hydrogen) atoms. The van der Waals surface area contributed by atoms with E-state index in [1.807, 2.05) is 0 Å². The minimum atomic E-state index is -0.329. The summed E-state index contributed by atoms with van der Waals surface area (Å²) < 4.78 is 18.2. The number of hydrogen-bond acceptors (Lipinski definition) is 3. The third-order valence-corrected chi connectivity index (χ3v) is 32.2. The smallest absolute Gasteiger partial charge is 0.159 e. The largest absolute Gasteiger partial charge is 0.453 e. The number of hydrogen-bond donors (Lipinski definition) is 0. The molecule has 1 aliphatic carbocycles. The highest BCUT2D eigenvalue weighted by Crippen LogP contribution is 2.57. The van der Waals surface area contributed by atoms with Crippen LogP contribution in [0.3, 0.4) is 0 Å². The van der Waals surface area contributed by atoms with Crippen molar-refractivity contribution < 1.29 is 4.42 Å². The number of aryl methyl sites for hydroxylation is 1. The molecule has 0 saturated carbocycles. The monoisotopic (exact) mass is 1770 g/mol. The van der Waals surface area contributed by atoms with Gasteiger partial charge in [0.15, 0.2) is 5.58 Å². The van der Waals surface area contributed by atoms with Crippen LogP contribution >= 0.6 is 0 Å². The number of fused-ring (bicyclic) bond motifs is 30. The van der Waals surface area contributed by atoms with Gasteiger partial charge in [-0.25, -0.2) is 0 Å². The van der Waals surface area contributed by atoms with Gasteiger partial charge in [0.25, 0.3) is 0 Å². The molecule has 0 saturated heterocycles. The lowest BCUT2D eigenvalue weighted by atomic mass is 9.78. The van der Waals surface area contributed by atoms with Crippen molar-refractivity contribution >= 4 is 208 Å². The highest BCUT2D eigenvalue weighted by atomic mass is 16.3. The van der Waals surface area contributed by atoms with E-state index >= 15 is 0 Å². The van der Waals surface area contributed by atoms with Gasteiger partial charge in [-0.05, 0) is 288 Å². The standard InChI is InChI=1S/C130H112N6O/c1-72-40-46-89-106-53-73(52-90(74-32-24-21-25-33-74)122(106)137-123(89)117(72)132(82-36-28-23-29-37-82)85-44-48-88-99-57-78(126(8,9)10)61-103-97-67-113-94(70-116(97)136(119(99)103)112(88)66-85)104-62-79(127(11,12)13)58-100-92-54-75(124(2,3)4)41-50-109(92)133(113)120(100)104)71-129(17,18)76-42-51-110-93(55-76)101-59-80(128(14,15)16)63-105-95-69-115-96(68-114(95)134(110)121(101)105)102-60-77(125(5,6)7)56-98-87-47-43-84(65-111(87)135(115)118(98)102)131(81-34-26-22-27-35-81)83-45-49-108-91(64-83)86-38-30-31-39-107(86)130(108,19)20/h21-70H,71H2,1-20H3. The number of nitrogens with zero attached hydrogens (tertiary/aromatic N) is 6. The maximum Gasteiger partial charge on any atom is 0.159 e. The van der Waals surface area contributed by atoms with Crippen molar-refractivity contribution in [1.82, 2.24) is 17.6 Å². The van der Waals surface area contributed by atoms with Crippen LogP contribution in [0.5, 0.6) is 0 Å². The first-order valence-electron chi connectivity index (χ1n) is 49.4. The minimum Gasteiger partial charge on any atom is -0.453 e. The van der Waals surface area contributed by atoms with Gasteiger partial charge in [-0.15, -0.1) is 0 Å². The van der Waals surface area contributed by atoms with Gasteiger partial charge in [0.2, 0.25) is 0 Å². The van der Waals surface area contributed by atoms with Gasteiger partial charge < -0.3 is 31.8 Å². The van der Waals surface area contributed by atoms with Crippen molar-refractivity contribution in [3.8, 4) is 22.3 Å². The number of rotatable bonds is 10. The molecule has 9 aromatic heterocycles. The minimum absolute atomic E-state index is 0.00671. The molecule has 27 rings (SSSR count). The number of furan rings is 1. The van der Waals surface area contributed by atoms with Crippen molar-refractivity contribution in [1.29, 1.82) is 0 Å². The zero-order chi connectivity index (χ0) is 93.8. The molecule has 7 heteroatoms. The zero-order valence-electron chi connectivity index (χ0n) is 82.2. The highest BCUT2D eigenvalue weighted by molar-refractivity contribution is 6.32. The van der Waals surface area contributed by atoms with Crippen LogP contribution in [0.25, 0.3) is 197 Å². The van der Waals surface area contributed by atoms with Crippen molar-refractivity contribution in [2.75, 3.05) is 9.80 Å². The van der Waals surface area contributed by atoms with Crippen LogP contribution in [0.15, 0.2) is 308 Å². The summed E-state index contributed by atoms with van der Waals surface area (Å²) in [5, 5.41) is 22.8. The molecule has 0 atom stereocenters. The van der Waals surface area contributed by atoms with E-state index in [4.69, 9.17) is 4.42 Å². The lowest BCUT2D eigenvalue weighted by Gasteiger charge is -2.27. The molecular formula is C130H112N6O. The molecule has 9 heterocycles.